The van der Waals surface area contributed by atoms with Crippen LogP contribution in [0, 0.1) is 0 Å². The highest BCUT2D eigenvalue weighted by Crippen LogP contribution is 2.17. The largest absolute Gasteiger partial charge is 0.373 e. The first-order valence-corrected chi connectivity index (χ1v) is 8.23. The maximum absolute atomic E-state index is 12.4. The summed E-state index contributed by atoms with van der Waals surface area (Å²) in [6.45, 7) is 3.31. The van der Waals surface area contributed by atoms with Crippen LogP contribution in [0.1, 0.15) is 12.5 Å². The molecule has 0 saturated carbocycles. The number of alkyl halides is 1. The Kier molecular flexibility index (Phi) is 5.42. The molecule has 1 aliphatic rings. The number of amides is 1. The fourth-order valence-corrected chi connectivity index (χ4v) is 3.02. The van der Waals surface area contributed by atoms with Crippen molar-refractivity contribution in [1.82, 2.24) is 4.90 Å². The van der Waals surface area contributed by atoms with Crippen molar-refractivity contribution < 1.29 is 9.53 Å². The third-order valence-corrected chi connectivity index (χ3v) is 4.46. The highest BCUT2D eigenvalue weighted by atomic mass is 79.9. The Morgan fingerprint density at radius 1 is 1.53 bits per heavy atom. The summed E-state index contributed by atoms with van der Waals surface area (Å²) in [5, 5.41) is 0.764. The lowest BCUT2D eigenvalue weighted by molar-refractivity contribution is -0.142. The molecule has 19 heavy (non-hydrogen) atoms. The summed E-state index contributed by atoms with van der Waals surface area (Å²) < 4.78 is 6.65. The zero-order valence-electron chi connectivity index (χ0n) is 10.8. The molecular formula is C14H17Br2NO2. The second-order valence-corrected chi connectivity index (χ2v) is 6.37. The van der Waals surface area contributed by atoms with Crippen molar-refractivity contribution in [3.8, 4) is 0 Å². The Balaban J connectivity index is 2.02. The maximum atomic E-state index is 12.4. The van der Waals surface area contributed by atoms with E-state index in [1.54, 1.807) is 0 Å². The predicted molar refractivity (Wildman–Crippen MR) is 82.6 cm³/mol. The lowest BCUT2D eigenvalue weighted by Crippen LogP contribution is -2.52. The molecule has 1 amide bonds. The summed E-state index contributed by atoms with van der Waals surface area (Å²) in [6, 6.07) is 8.04. The molecule has 0 bridgehead atoms. The average Bonchev–Trinajstić information content (AvgIpc) is 2.39. The third-order valence-electron chi connectivity index (χ3n) is 3.24. The topological polar surface area (TPSA) is 29.5 Å². The molecule has 5 heteroatoms. The standard InChI is InChI=1S/C14H17Br2NO2/c1-10-9-19-13(7-15)8-17(10)14(18)6-11-3-2-4-12(16)5-11/h2-5,10,13H,6-9H2,1H3. The number of carbonyl (C=O) groups is 1. The second-order valence-electron chi connectivity index (χ2n) is 4.81. The molecular weight excluding hydrogens is 374 g/mol. The predicted octanol–water partition coefficient (Wildman–Crippen LogP) is 3.00. The van der Waals surface area contributed by atoms with Gasteiger partial charge in [0.05, 0.1) is 25.2 Å². The van der Waals surface area contributed by atoms with Gasteiger partial charge in [-0.2, -0.15) is 0 Å². The molecule has 0 aliphatic carbocycles. The second kappa shape index (κ2) is 6.86. The van der Waals surface area contributed by atoms with E-state index in [9.17, 15) is 4.79 Å². The number of rotatable bonds is 3. The van der Waals surface area contributed by atoms with E-state index < -0.39 is 0 Å². The zero-order valence-corrected chi connectivity index (χ0v) is 14.0. The van der Waals surface area contributed by atoms with Gasteiger partial charge in [0.25, 0.3) is 0 Å². The molecule has 0 N–H and O–H groups in total. The van der Waals surface area contributed by atoms with Crippen LogP contribution in [0.3, 0.4) is 0 Å². The van der Waals surface area contributed by atoms with Crippen molar-refractivity contribution in [2.75, 3.05) is 18.5 Å². The Morgan fingerprint density at radius 2 is 2.32 bits per heavy atom. The highest BCUT2D eigenvalue weighted by molar-refractivity contribution is 9.10. The van der Waals surface area contributed by atoms with Gasteiger partial charge in [0.15, 0.2) is 0 Å². The zero-order chi connectivity index (χ0) is 13.8. The molecule has 1 aromatic rings. The number of halogens is 2. The van der Waals surface area contributed by atoms with Crippen LogP contribution in [0.5, 0.6) is 0 Å². The first-order valence-electron chi connectivity index (χ1n) is 6.31. The Morgan fingerprint density at radius 3 is 3.00 bits per heavy atom. The number of hydrogen-bond acceptors (Lipinski definition) is 2. The van der Waals surface area contributed by atoms with Crippen molar-refractivity contribution in [1.29, 1.82) is 0 Å². The molecule has 2 rings (SSSR count). The van der Waals surface area contributed by atoms with Gasteiger partial charge in [-0.1, -0.05) is 44.0 Å². The molecule has 0 spiro atoms. The van der Waals surface area contributed by atoms with E-state index in [4.69, 9.17) is 4.74 Å². The van der Waals surface area contributed by atoms with Crippen LogP contribution in [0.15, 0.2) is 28.7 Å². The van der Waals surface area contributed by atoms with Crippen molar-refractivity contribution >= 4 is 37.8 Å². The quantitative estimate of drug-likeness (QED) is 0.742. The van der Waals surface area contributed by atoms with Crippen molar-refractivity contribution in [3.05, 3.63) is 34.3 Å². The van der Waals surface area contributed by atoms with Gasteiger partial charge < -0.3 is 9.64 Å². The van der Waals surface area contributed by atoms with Crippen LogP contribution >= 0.6 is 31.9 Å². The summed E-state index contributed by atoms with van der Waals surface area (Å²) in [4.78, 5) is 14.3. The van der Waals surface area contributed by atoms with E-state index in [0.717, 1.165) is 15.4 Å². The van der Waals surface area contributed by atoms with Crippen LogP contribution < -0.4 is 0 Å². The molecule has 1 heterocycles. The van der Waals surface area contributed by atoms with E-state index in [2.05, 4.69) is 31.9 Å². The SMILES string of the molecule is CC1COC(CBr)CN1C(=O)Cc1cccc(Br)c1. The summed E-state index contributed by atoms with van der Waals surface area (Å²) >= 11 is 6.84. The average molecular weight is 391 g/mol. The molecule has 1 aliphatic heterocycles. The third kappa shape index (κ3) is 4.04. The van der Waals surface area contributed by atoms with Gasteiger partial charge in [-0.25, -0.2) is 0 Å². The Hall–Kier alpha value is -0.390. The summed E-state index contributed by atoms with van der Waals surface area (Å²) in [6.07, 6.45) is 0.543. The molecule has 104 valence electrons. The molecule has 0 aromatic heterocycles. The van der Waals surface area contributed by atoms with E-state index >= 15 is 0 Å². The van der Waals surface area contributed by atoms with Gasteiger partial charge in [-0.15, -0.1) is 0 Å². The minimum absolute atomic E-state index is 0.0997. The van der Waals surface area contributed by atoms with Gasteiger partial charge in [0.1, 0.15) is 0 Å². The van der Waals surface area contributed by atoms with Crippen molar-refractivity contribution in [2.45, 2.75) is 25.5 Å². The van der Waals surface area contributed by atoms with E-state index in [1.807, 2.05) is 36.1 Å². The van der Waals surface area contributed by atoms with Crippen LogP contribution in [-0.2, 0) is 16.0 Å². The normalized spacial score (nSPS) is 23.4. The Bertz CT molecular complexity index is 453. The fourth-order valence-electron chi connectivity index (χ4n) is 2.18. The summed E-state index contributed by atoms with van der Waals surface area (Å²) in [5.74, 6) is 0.167. The van der Waals surface area contributed by atoms with Crippen LogP contribution in [0.4, 0.5) is 0 Å². The minimum atomic E-state index is 0.0997. The van der Waals surface area contributed by atoms with Gasteiger partial charge in [0.2, 0.25) is 5.91 Å². The van der Waals surface area contributed by atoms with E-state index in [-0.39, 0.29) is 18.1 Å². The van der Waals surface area contributed by atoms with Gasteiger partial charge in [0, 0.05) is 16.3 Å². The molecule has 1 aromatic carbocycles. The molecule has 1 saturated heterocycles. The van der Waals surface area contributed by atoms with Gasteiger partial charge >= 0.3 is 0 Å². The fraction of sp³-hybridized carbons (Fsp3) is 0.500. The van der Waals surface area contributed by atoms with Crippen LogP contribution in [0.2, 0.25) is 0 Å². The molecule has 3 nitrogen and oxygen atoms in total. The first-order chi connectivity index (χ1) is 9.10. The molecule has 1 fully saturated rings. The van der Waals surface area contributed by atoms with Gasteiger partial charge in [-0.3, -0.25) is 4.79 Å². The minimum Gasteiger partial charge on any atom is -0.373 e. The van der Waals surface area contributed by atoms with Crippen LogP contribution in [0.25, 0.3) is 0 Å². The molecule has 2 unspecified atom stereocenters. The summed E-state index contributed by atoms with van der Waals surface area (Å²) in [7, 11) is 0. The van der Waals surface area contributed by atoms with Crippen LogP contribution in [-0.4, -0.2) is 41.4 Å². The smallest absolute Gasteiger partial charge is 0.227 e. The molecule has 0 radical (unpaired) electrons. The lowest BCUT2D eigenvalue weighted by Gasteiger charge is -2.37. The maximum Gasteiger partial charge on any atom is 0.227 e. The van der Waals surface area contributed by atoms with Crippen molar-refractivity contribution in [2.24, 2.45) is 0 Å². The Labute approximate surface area is 130 Å². The number of benzene rings is 1. The number of hydrogen-bond donors (Lipinski definition) is 0. The van der Waals surface area contributed by atoms with Gasteiger partial charge in [-0.05, 0) is 24.6 Å². The first kappa shape index (κ1) is 15.0. The summed E-state index contributed by atoms with van der Waals surface area (Å²) in [5.41, 5.74) is 1.04. The number of morpholine rings is 1. The van der Waals surface area contributed by atoms with Crippen molar-refractivity contribution in [3.63, 3.8) is 0 Å². The molecule has 2 atom stereocenters. The highest BCUT2D eigenvalue weighted by Gasteiger charge is 2.28. The monoisotopic (exact) mass is 389 g/mol. The number of ether oxygens (including phenoxy) is 1. The van der Waals surface area contributed by atoms with E-state index in [1.165, 1.54) is 0 Å². The van der Waals surface area contributed by atoms with E-state index in [0.29, 0.717) is 19.6 Å². The lowest BCUT2D eigenvalue weighted by atomic mass is 10.1. The number of carbonyl (C=O) groups excluding carboxylic acids is 1. The number of nitrogens with zero attached hydrogens (tertiary/aromatic N) is 1.